The minimum atomic E-state index is -0.224. The van der Waals surface area contributed by atoms with Crippen molar-refractivity contribution in [2.75, 3.05) is 14.2 Å². The molecule has 2 rings (SSSR count). The number of rotatable bonds is 8. The van der Waals surface area contributed by atoms with E-state index in [1.165, 1.54) is 11.8 Å². The minimum absolute atomic E-state index is 0.0274. The Kier molecular flexibility index (Phi) is 6.54. The molecule has 1 heterocycles. The molecule has 0 fully saturated rings. The van der Waals surface area contributed by atoms with Gasteiger partial charge in [0.05, 0.1) is 19.5 Å². The number of ether oxygens (including phenoxy) is 2. The minimum Gasteiger partial charge on any atom is -0.493 e. The van der Waals surface area contributed by atoms with E-state index >= 15 is 0 Å². The van der Waals surface area contributed by atoms with Gasteiger partial charge in [0, 0.05) is 25.5 Å². The van der Waals surface area contributed by atoms with E-state index in [0.717, 1.165) is 17.3 Å². The Morgan fingerprint density at radius 2 is 2.08 bits per heavy atom. The maximum absolute atomic E-state index is 12.3. The molecule has 0 aliphatic rings. The molecule has 6 nitrogen and oxygen atoms in total. The number of nitrogens with one attached hydrogen (secondary N) is 1. The fourth-order valence-corrected chi connectivity index (χ4v) is 3.14. The monoisotopic (exact) mass is 349 g/mol. The molecule has 1 aromatic heterocycles. The summed E-state index contributed by atoms with van der Waals surface area (Å²) >= 11 is 1.45. The van der Waals surface area contributed by atoms with Crippen LogP contribution in [0, 0.1) is 0 Å². The van der Waals surface area contributed by atoms with Crippen LogP contribution in [0.1, 0.15) is 19.4 Å². The van der Waals surface area contributed by atoms with Crippen molar-refractivity contribution in [2.45, 2.75) is 37.3 Å². The van der Waals surface area contributed by atoms with E-state index in [4.69, 9.17) is 9.47 Å². The van der Waals surface area contributed by atoms with Gasteiger partial charge in [-0.2, -0.15) is 0 Å². The van der Waals surface area contributed by atoms with Crippen molar-refractivity contribution >= 4 is 17.7 Å². The molecule has 1 aromatic carbocycles. The summed E-state index contributed by atoms with van der Waals surface area (Å²) in [5.74, 6) is 1.29. The third kappa shape index (κ3) is 4.44. The normalized spacial score (nSPS) is 11.8. The second-order valence-electron chi connectivity index (χ2n) is 5.16. The van der Waals surface area contributed by atoms with E-state index in [1.54, 1.807) is 20.4 Å². The van der Waals surface area contributed by atoms with Crippen LogP contribution in [0.25, 0.3) is 0 Å². The Morgan fingerprint density at radius 1 is 1.33 bits per heavy atom. The lowest BCUT2D eigenvalue weighted by Gasteiger charge is -2.13. The summed E-state index contributed by atoms with van der Waals surface area (Å²) in [5.41, 5.74) is 0.952. The highest BCUT2D eigenvalue weighted by Crippen LogP contribution is 2.27. The van der Waals surface area contributed by atoms with Crippen molar-refractivity contribution < 1.29 is 14.3 Å². The van der Waals surface area contributed by atoms with Crippen LogP contribution < -0.4 is 14.8 Å². The van der Waals surface area contributed by atoms with Gasteiger partial charge in [0.15, 0.2) is 16.7 Å². The number of imidazole rings is 1. The SMILES string of the molecule is CCn1ccnc1SC(C)C(=O)NCc1ccc(OC)c(OC)c1. The lowest BCUT2D eigenvalue weighted by Crippen LogP contribution is -2.30. The van der Waals surface area contributed by atoms with Gasteiger partial charge in [-0.15, -0.1) is 0 Å². The number of hydrogen-bond acceptors (Lipinski definition) is 5. The molecule has 1 unspecified atom stereocenters. The topological polar surface area (TPSA) is 65.4 Å². The Hall–Kier alpha value is -2.15. The van der Waals surface area contributed by atoms with Crippen LogP contribution in [0.4, 0.5) is 0 Å². The Morgan fingerprint density at radius 3 is 2.75 bits per heavy atom. The van der Waals surface area contributed by atoms with Crippen LogP contribution in [-0.4, -0.2) is 34.9 Å². The van der Waals surface area contributed by atoms with Gasteiger partial charge >= 0.3 is 0 Å². The molecular formula is C17H23N3O3S. The molecule has 24 heavy (non-hydrogen) atoms. The molecule has 0 saturated carbocycles. The van der Waals surface area contributed by atoms with Crippen LogP contribution in [0.3, 0.4) is 0 Å². The highest BCUT2D eigenvalue weighted by molar-refractivity contribution is 8.00. The fraction of sp³-hybridized carbons (Fsp3) is 0.412. The molecule has 0 radical (unpaired) electrons. The lowest BCUT2D eigenvalue weighted by atomic mass is 10.2. The Bertz CT molecular complexity index is 687. The molecule has 130 valence electrons. The molecule has 1 amide bonds. The molecule has 0 aliphatic heterocycles. The summed E-state index contributed by atoms with van der Waals surface area (Å²) in [7, 11) is 3.19. The second-order valence-corrected chi connectivity index (χ2v) is 6.47. The maximum atomic E-state index is 12.3. The van der Waals surface area contributed by atoms with Crippen molar-refractivity contribution in [3.05, 3.63) is 36.2 Å². The molecule has 0 aliphatic carbocycles. The number of hydrogen-bond donors (Lipinski definition) is 1. The van der Waals surface area contributed by atoms with Crippen molar-refractivity contribution in [1.29, 1.82) is 0 Å². The van der Waals surface area contributed by atoms with E-state index in [9.17, 15) is 4.79 Å². The molecule has 2 aromatic rings. The quantitative estimate of drug-likeness (QED) is 0.742. The van der Waals surface area contributed by atoms with Crippen molar-refractivity contribution in [3.63, 3.8) is 0 Å². The second kappa shape index (κ2) is 8.63. The number of carbonyl (C=O) groups is 1. The number of aryl methyl sites for hydroxylation is 1. The average Bonchev–Trinajstić information content (AvgIpc) is 3.06. The van der Waals surface area contributed by atoms with Crippen LogP contribution in [0.15, 0.2) is 35.7 Å². The van der Waals surface area contributed by atoms with Gasteiger partial charge in [0.25, 0.3) is 0 Å². The predicted octanol–water partition coefficient (Wildman–Crippen LogP) is 2.72. The number of nitrogens with zero attached hydrogens (tertiary/aromatic N) is 2. The summed E-state index contributed by atoms with van der Waals surface area (Å²) in [6, 6.07) is 5.60. The van der Waals surface area contributed by atoms with E-state index in [1.807, 2.05) is 42.8 Å². The largest absolute Gasteiger partial charge is 0.493 e. The van der Waals surface area contributed by atoms with Gasteiger partial charge in [0.1, 0.15) is 0 Å². The molecule has 0 spiro atoms. The highest BCUT2D eigenvalue weighted by atomic mass is 32.2. The van der Waals surface area contributed by atoms with E-state index < -0.39 is 0 Å². The third-order valence-electron chi connectivity index (χ3n) is 3.58. The first kappa shape index (κ1) is 18.2. The highest BCUT2D eigenvalue weighted by Gasteiger charge is 2.17. The van der Waals surface area contributed by atoms with E-state index in [0.29, 0.717) is 18.0 Å². The number of aromatic nitrogens is 2. The van der Waals surface area contributed by atoms with Gasteiger partial charge in [-0.3, -0.25) is 4.79 Å². The van der Waals surface area contributed by atoms with Gasteiger partial charge in [0.2, 0.25) is 5.91 Å². The number of carbonyl (C=O) groups excluding carboxylic acids is 1. The molecule has 7 heteroatoms. The summed E-state index contributed by atoms with van der Waals surface area (Å²) in [6.45, 7) is 5.20. The summed E-state index contributed by atoms with van der Waals surface area (Å²) in [6.07, 6.45) is 3.66. The first-order chi connectivity index (χ1) is 11.6. The number of benzene rings is 1. The molecular weight excluding hydrogens is 326 g/mol. The zero-order valence-corrected chi connectivity index (χ0v) is 15.2. The lowest BCUT2D eigenvalue weighted by molar-refractivity contribution is -0.120. The molecule has 0 bridgehead atoms. The van der Waals surface area contributed by atoms with Crippen LogP contribution >= 0.6 is 11.8 Å². The van der Waals surface area contributed by atoms with Gasteiger partial charge < -0.3 is 19.4 Å². The third-order valence-corrected chi connectivity index (χ3v) is 4.70. The summed E-state index contributed by atoms with van der Waals surface area (Å²) in [4.78, 5) is 16.6. The molecule has 0 saturated heterocycles. The number of amides is 1. The van der Waals surface area contributed by atoms with Gasteiger partial charge in [-0.05, 0) is 31.5 Å². The zero-order valence-electron chi connectivity index (χ0n) is 14.4. The van der Waals surface area contributed by atoms with E-state index in [-0.39, 0.29) is 11.2 Å². The van der Waals surface area contributed by atoms with Gasteiger partial charge in [-0.25, -0.2) is 4.98 Å². The van der Waals surface area contributed by atoms with Crippen molar-refractivity contribution in [2.24, 2.45) is 0 Å². The van der Waals surface area contributed by atoms with Crippen LogP contribution in [0.2, 0.25) is 0 Å². The Labute approximate surface area is 146 Å². The molecule has 1 N–H and O–H groups in total. The maximum Gasteiger partial charge on any atom is 0.233 e. The summed E-state index contributed by atoms with van der Waals surface area (Å²) < 4.78 is 12.5. The first-order valence-electron chi connectivity index (χ1n) is 7.75. The standard InChI is InChI=1S/C17H23N3O3S/c1-5-20-9-8-18-17(20)24-12(2)16(21)19-11-13-6-7-14(22-3)15(10-13)23-4/h6-10,12H,5,11H2,1-4H3,(H,19,21). The predicted molar refractivity (Wildman–Crippen MR) is 94.6 cm³/mol. The van der Waals surface area contributed by atoms with Crippen molar-refractivity contribution in [3.8, 4) is 11.5 Å². The number of methoxy groups -OCH3 is 2. The fourth-order valence-electron chi connectivity index (χ4n) is 2.19. The van der Waals surface area contributed by atoms with Crippen LogP contribution in [0.5, 0.6) is 11.5 Å². The van der Waals surface area contributed by atoms with Crippen LogP contribution in [-0.2, 0) is 17.9 Å². The van der Waals surface area contributed by atoms with E-state index in [2.05, 4.69) is 10.3 Å². The average molecular weight is 349 g/mol. The molecule has 1 atom stereocenters. The van der Waals surface area contributed by atoms with Crippen molar-refractivity contribution in [1.82, 2.24) is 14.9 Å². The Balaban J connectivity index is 1.92. The van der Waals surface area contributed by atoms with Gasteiger partial charge in [-0.1, -0.05) is 17.8 Å². The smallest absolute Gasteiger partial charge is 0.233 e. The first-order valence-corrected chi connectivity index (χ1v) is 8.63. The zero-order chi connectivity index (χ0) is 17.5. The summed E-state index contributed by atoms with van der Waals surface area (Å²) in [5, 5.41) is 3.57. The number of thioether (sulfide) groups is 1.